The zero-order valence-electron chi connectivity index (χ0n) is 49.4. The summed E-state index contributed by atoms with van der Waals surface area (Å²) in [6.07, 6.45) is 8.53. The van der Waals surface area contributed by atoms with Gasteiger partial charge in [-0.25, -0.2) is 30.5 Å². The van der Waals surface area contributed by atoms with Crippen molar-refractivity contribution in [3.63, 3.8) is 0 Å². The van der Waals surface area contributed by atoms with Crippen LogP contribution >= 0.6 is 11.3 Å². The van der Waals surface area contributed by atoms with Gasteiger partial charge in [-0.05, 0) is 103 Å². The van der Waals surface area contributed by atoms with Crippen molar-refractivity contribution in [1.29, 1.82) is 0 Å². The molecule has 2 aliphatic rings. The lowest BCUT2D eigenvalue weighted by Crippen LogP contribution is -2.48. The third-order valence-electron chi connectivity index (χ3n) is 15.0. The van der Waals surface area contributed by atoms with Gasteiger partial charge in [0.1, 0.15) is 11.4 Å². The monoisotopic (exact) mass is 1430 g/mol. The van der Waals surface area contributed by atoms with Gasteiger partial charge in [0.15, 0.2) is 15.5 Å². The molecule has 8 rings (SSSR count). The molecule has 498 valence electrons. The largest absolute Gasteiger partial charge is 0.748 e. The van der Waals surface area contributed by atoms with Gasteiger partial charge < -0.3 is 14.8 Å². The van der Waals surface area contributed by atoms with Gasteiger partial charge in [0.25, 0.3) is 46.3 Å². The molecule has 0 spiro atoms. The number of nitrogens with zero attached hydrogens (tertiary/aromatic N) is 5. The third-order valence-corrected chi connectivity index (χ3v) is 22.9. The molecule has 0 aliphatic carbocycles. The number of hydrogen-bond acceptors (Lipinski definition) is 21. The van der Waals surface area contributed by atoms with Crippen molar-refractivity contribution in [2.24, 2.45) is 5.14 Å². The molecule has 2 aliphatic heterocycles. The summed E-state index contributed by atoms with van der Waals surface area (Å²) >= 11 is 0.557. The van der Waals surface area contributed by atoms with Crippen LogP contribution in [0.2, 0.25) is 0 Å². The van der Waals surface area contributed by atoms with Crippen LogP contribution in [0.1, 0.15) is 87.4 Å². The number of amides is 2. The van der Waals surface area contributed by atoms with Crippen molar-refractivity contribution >= 4 is 138 Å². The Labute approximate surface area is 534 Å². The van der Waals surface area contributed by atoms with Crippen LogP contribution in [0.25, 0.3) is 21.5 Å². The predicted octanol–water partition coefficient (Wildman–Crippen LogP) is 5.06. The van der Waals surface area contributed by atoms with E-state index >= 15 is 0 Å². The number of carbonyl (C=O) groups excluding carboxylic acids is 2. The molecule has 30 nitrogen and oxygen atoms in total. The van der Waals surface area contributed by atoms with E-state index in [1.807, 2.05) is 25.3 Å². The third kappa shape index (κ3) is 16.0. The van der Waals surface area contributed by atoms with Gasteiger partial charge in [-0.2, -0.15) is 29.8 Å². The average molecular weight is 1430 g/mol. The Morgan fingerprint density at radius 2 is 1.38 bits per heavy atom. The molecule has 0 fully saturated rings. The molecule has 5 aromatic carbocycles. The van der Waals surface area contributed by atoms with E-state index in [4.69, 9.17) is 17.8 Å². The van der Waals surface area contributed by atoms with Gasteiger partial charge in [-0.3, -0.25) is 37.7 Å². The van der Waals surface area contributed by atoms with Crippen molar-refractivity contribution < 1.29 is 100 Å². The Morgan fingerprint density at radius 1 is 0.783 bits per heavy atom. The first-order valence-corrected chi connectivity index (χ1v) is 38.1. The summed E-state index contributed by atoms with van der Waals surface area (Å²) < 4.78 is 232. The molecule has 0 saturated heterocycles. The molecule has 38 heteroatoms. The second-order valence-corrected chi connectivity index (χ2v) is 33.7. The Morgan fingerprint density at radius 3 is 1.95 bits per heavy atom. The minimum absolute atomic E-state index is 0.00947. The van der Waals surface area contributed by atoms with Crippen LogP contribution in [-0.4, -0.2) is 155 Å². The van der Waals surface area contributed by atoms with Gasteiger partial charge in [0, 0.05) is 96.1 Å². The summed E-state index contributed by atoms with van der Waals surface area (Å²) in [6, 6.07) is 15.5. The number of rotatable bonds is 23. The zero-order valence-corrected chi connectivity index (χ0v) is 56.0. The van der Waals surface area contributed by atoms with Crippen molar-refractivity contribution in [2.45, 2.75) is 102 Å². The molecule has 1 aromatic heterocycles. The molecule has 9 N–H and O–H groups in total. The topological polar surface area (TPSA) is 483 Å². The highest BCUT2D eigenvalue weighted by Crippen LogP contribution is 2.53. The normalized spacial score (nSPS) is 16.0. The van der Waals surface area contributed by atoms with Crippen LogP contribution in [-0.2, 0) is 93.1 Å². The van der Waals surface area contributed by atoms with Crippen molar-refractivity contribution in [1.82, 2.24) is 19.8 Å². The quantitative estimate of drug-likeness (QED) is 0.0180. The van der Waals surface area contributed by atoms with E-state index < -0.39 is 130 Å². The molecule has 0 unspecified atom stereocenters. The van der Waals surface area contributed by atoms with E-state index in [9.17, 15) is 83.2 Å². The number of primary sulfonamides is 1. The molecule has 6 aromatic rings. The predicted molar refractivity (Wildman–Crippen MR) is 337 cm³/mol. The summed E-state index contributed by atoms with van der Waals surface area (Å²) in [5, 5.41) is 17.1. The number of benzene rings is 5. The molecular weight excluding hydrogens is 1370 g/mol. The van der Waals surface area contributed by atoms with Crippen molar-refractivity contribution in [3.05, 3.63) is 131 Å². The van der Waals surface area contributed by atoms with Crippen LogP contribution in [0, 0.1) is 0 Å². The minimum Gasteiger partial charge on any atom is -0.748 e. The van der Waals surface area contributed by atoms with Crippen LogP contribution in [0.5, 0.6) is 0 Å². The minimum atomic E-state index is -6.32. The molecular formula is C54H62N8O22S8. The Bertz CT molecular complexity index is 4940. The van der Waals surface area contributed by atoms with Gasteiger partial charge >= 0.3 is 10.6 Å². The number of nitrogens with one attached hydrogen (secondary N) is 2. The Kier molecular flexibility index (Phi) is 20.8. The first-order chi connectivity index (χ1) is 42.3. The smallest absolute Gasteiger partial charge is 0.425 e. The molecule has 3 heterocycles. The lowest BCUT2D eigenvalue weighted by Gasteiger charge is -2.40. The SMILES string of the molecule is CCC[N+]1=C(C=CC=CC=C2N(CCCS(=O)(=O)[O-])c3ccc4c(S(=O)(O)(O)N(C)CCCC(=O)NCc5ccc(C(=O)Nc6nnc(S(N)(=O)=O)s6)cc5)cc(S(=O)(=O)O)cc4c3C2(C)C)C(C)(C)c2c1ccc1c(S(=O)(=O)O)cc(S(=O)(=O)O)cc21.O=S(=O)=O. The standard InChI is InChI=1S/C54H62N8O19S7.O3S/c1-7-24-61-41-22-20-37-39(28-35(85(70,71)72)30-43(37)87(76,77)78)48(41)53(2,3)45(61)13-9-8-10-14-46-54(4,5)49-40-29-36(86(73,74)75)31-44(38(40)21-23-42(49)62(46)26-12-27-83(65,66)67)88(79,80,81)60(6)25-11-15-47(63)56-32-33-16-18-34(19-17-33)50(64)57-51-58-59-52(82-51)84(55,68)69;1-4(2)3/h8-10,13-14,16-23,28-31H,7,11-12,15,24-27,32H2,1-6H3,(H9-,55,56,57,58,63,64,65,66,67,68,69,70,71,72,73,74,75,76,77,78,79,80,81);. The van der Waals surface area contributed by atoms with Gasteiger partial charge in [0.05, 0.1) is 30.2 Å². The number of nitrogens with two attached hydrogens (primary N) is 1. The fourth-order valence-corrected chi connectivity index (χ4v) is 16.4. The van der Waals surface area contributed by atoms with E-state index in [1.54, 1.807) is 67.3 Å². The highest BCUT2D eigenvalue weighted by atomic mass is 32.3. The number of sulfonamides is 1. The number of carbonyl (C=O) groups is 2. The summed E-state index contributed by atoms with van der Waals surface area (Å²) in [4.78, 5) is 24.3. The van der Waals surface area contributed by atoms with Crippen LogP contribution in [0.15, 0.2) is 133 Å². The lowest BCUT2D eigenvalue weighted by atomic mass is 9.79. The van der Waals surface area contributed by atoms with E-state index in [1.165, 1.54) is 30.3 Å². The van der Waals surface area contributed by atoms with Gasteiger partial charge in [-0.15, -0.1) is 22.8 Å². The number of fused-ring (bicyclic) bond motifs is 6. The average Bonchev–Trinajstić information content (AvgIpc) is 1.60. The van der Waals surface area contributed by atoms with Crippen molar-refractivity contribution in [2.75, 3.05) is 42.7 Å². The van der Waals surface area contributed by atoms with Gasteiger partial charge in [0.2, 0.25) is 21.1 Å². The van der Waals surface area contributed by atoms with Crippen LogP contribution in [0.4, 0.5) is 16.5 Å². The second kappa shape index (κ2) is 26.4. The zero-order chi connectivity index (χ0) is 68.7. The Hall–Kier alpha value is -6.99. The number of allylic oxidation sites excluding steroid dienone is 6. The number of anilines is 2. The maximum Gasteiger partial charge on any atom is 0.425 e. The summed E-state index contributed by atoms with van der Waals surface area (Å²) in [5.41, 5.74) is 1.47. The fourth-order valence-electron chi connectivity index (χ4n) is 10.9. The van der Waals surface area contributed by atoms with Crippen LogP contribution < -0.4 is 20.7 Å². The molecule has 0 radical (unpaired) electrons. The first kappa shape index (κ1) is 72.4. The summed E-state index contributed by atoms with van der Waals surface area (Å²) in [6.45, 7) is 8.98. The molecule has 0 atom stereocenters. The molecule has 92 heavy (non-hydrogen) atoms. The first-order valence-electron chi connectivity index (χ1n) is 27.0. The maximum atomic E-state index is 14.8. The molecule has 0 saturated carbocycles. The highest BCUT2D eigenvalue weighted by Gasteiger charge is 2.47. The Balaban J connectivity index is 0.00000291. The summed E-state index contributed by atoms with van der Waals surface area (Å²) in [5.74, 6) is -1.92. The molecule has 2 amide bonds. The number of aromatic nitrogens is 2. The van der Waals surface area contributed by atoms with E-state index in [0.717, 1.165) is 19.2 Å². The lowest BCUT2D eigenvalue weighted by molar-refractivity contribution is -0.437. The van der Waals surface area contributed by atoms with Crippen LogP contribution in [0.3, 0.4) is 0 Å². The van der Waals surface area contributed by atoms with E-state index in [-0.39, 0.29) is 64.6 Å². The fraction of sp³-hybridized carbons (Fsp3) is 0.315. The number of hydrogen-bond donors (Lipinski definition) is 8. The molecule has 0 bridgehead atoms. The highest BCUT2D eigenvalue weighted by molar-refractivity contribution is 8.08. The summed E-state index contributed by atoms with van der Waals surface area (Å²) in [7, 11) is -32.3. The van der Waals surface area contributed by atoms with E-state index in [2.05, 4.69) is 20.8 Å². The van der Waals surface area contributed by atoms with E-state index in [0.29, 0.717) is 80.2 Å². The van der Waals surface area contributed by atoms with Gasteiger partial charge in [-0.1, -0.05) is 68.5 Å². The maximum absolute atomic E-state index is 14.8. The van der Waals surface area contributed by atoms with Crippen molar-refractivity contribution in [3.8, 4) is 0 Å². The second-order valence-electron chi connectivity index (χ2n) is 22.1.